The predicted molar refractivity (Wildman–Crippen MR) is 92.7 cm³/mol. The van der Waals surface area contributed by atoms with Gasteiger partial charge < -0.3 is 14.2 Å². The van der Waals surface area contributed by atoms with Crippen molar-refractivity contribution in [1.82, 2.24) is 0 Å². The number of methoxy groups -OCH3 is 3. The number of hydrogen-bond donors (Lipinski definition) is 0. The number of nitro benzene ring substituents is 1. The SMILES string of the molecule is COc1cc(OC)c(OC)cc1/C=C(/C#N)c1cccc([N+](=O)[O-])c1. The van der Waals surface area contributed by atoms with Crippen LogP contribution in [0.4, 0.5) is 5.69 Å². The van der Waals surface area contributed by atoms with E-state index in [0.717, 1.165) is 0 Å². The van der Waals surface area contributed by atoms with Crippen molar-refractivity contribution in [3.8, 4) is 23.3 Å². The summed E-state index contributed by atoms with van der Waals surface area (Å²) in [6.45, 7) is 0. The maximum Gasteiger partial charge on any atom is 0.270 e. The Morgan fingerprint density at radius 3 is 2.28 bits per heavy atom. The Bertz CT molecular complexity index is 868. The van der Waals surface area contributed by atoms with Crippen LogP contribution in [0, 0.1) is 21.4 Å². The fraction of sp³-hybridized carbons (Fsp3) is 0.167. The second-order valence-electron chi connectivity index (χ2n) is 4.93. The first-order chi connectivity index (χ1) is 12.0. The van der Waals surface area contributed by atoms with E-state index in [4.69, 9.17) is 14.2 Å². The van der Waals surface area contributed by atoms with Crippen molar-refractivity contribution >= 4 is 17.3 Å². The lowest BCUT2D eigenvalue weighted by molar-refractivity contribution is -0.384. The summed E-state index contributed by atoms with van der Waals surface area (Å²) in [7, 11) is 4.51. The first kappa shape index (κ1) is 17.8. The van der Waals surface area contributed by atoms with Crippen LogP contribution in [0.1, 0.15) is 11.1 Å². The first-order valence-electron chi connectivity index (χ1n) is 7.20. The van der Waals surface area contributed by atoms with Crippen LogP contribution in [-0.4, -0.2) is 26.3 Å². The minimum atomic E-state index is -0.504. The van der Waals surface area contributed by atoms with Crippen LogP contribution < -0.4 is 14.2 Å². The van der Waals surface area contributed by atoms with E-state index in [0.29, 0.717) is 28.4 Å². The summed E-state index contributed by atoms with van der Waals surface area (Å²) >= 11 is 0. The highest BCUT2D eigenvalue weighted by atomic mass is 16.6. The van der Waals surface area contributed by atoms with Crippen molar-refractivity contribution in [2.24, 2.45) is 0 Å². The third-order valence-electron chi connectivity index (χ3n) is 3.52. The Kier molecular flexibility index (Phi) is 5.58. The topological polar surface area (TPSA) is 94.6 Å². The quantitative estimate of drug-likeness (QED) is 0.344. The molecule has 0 heterocycles. The van der Waals surface area contributed by atoms with Gasteiger partial charge in [-0.05, 0) is 17.7 Å². The largest absolute Gasteiger partial charge is 0.496 e. The molecule has 0 aliphatic heterocycles. The maximum absolute atomic E-state index is 10.9. The van der Waals surface area contributed by atoms with E-state index in [-0.39, 0.29) is 11.3 Å². The summed E-state index contributed by atoms with van der Waals surface area (Å²) < 4.78 is 15.8. The summed E-state index contributed by atoms with van der Waals surface area (Å²) in [6, 6.07) is 11.3. The number of hydrogen-bond acceptors (Lipinski definition) is 6. The first-order valence-corrected chi connectivity index (χ1v) is 7.20. The van der Waals surface area contributed by atoms with Crippen LogP contribution in [-0.2, 0) is 0 Å². The lowest BCUT2D eigenvalue weighted by Crippen LogP contribution is -1.95. The zero-order valence-electron chi connectivity index (χ0n) is 14.0. The fourth-order valence-electron chi connectivity index (χ4n) is 2.29. The lowest BCUT2D eigenvalue weighted by Gasteiger charge is -2.12. The minimum absolute atomic E-state index is 0.0853. The van der Waals surface area contributed by atoms with E-state index in [9.17, 15) is 15.4 Å². The molecular weight excluding hydrogens is 324 g/mol. The van der Waals surface area contributed by atoms with Crippen molar-refractivity contribution in [3.05, 3.63) is 57.6 Å². The second kappa shape index (κ2) is 7.84. The van der Waals surface area contributed by atoms with Gasteiger partial charge in [-0.1, -0.05) is 12.1 Å². The highest BCUT2D eigenvalue weighted by molar-refractivity contribution is 5.91. The van der Waals surface area contributed by atoms with Crippen molar-refractivity contribution in [1.29, 1.82) is 5.26 Å². The van der Waals surface area contributed by atoms with E-state index in [2.05, 4.69) is 6.07 Å². The van der Waals surface area contributed by atoms with Crippen LogP contribution in [0.25, 0.3) is 11.6 Å². The minimum Gasteiger partial charge on any atom is -0.496 e. The molecule has 0 unspecified atom stereocenters. The summed E-state index contributed by atoms with van der Waals surface area (Å²) in [4.78, 5) is 10.4. The molecule has 0 aliphatic carbocycles. The van der Waals surface area contributed by atoms with Gasteiger partial charge in [0.05, 0.1) is 37.9 Å². The lowest BCUT2D eigenvalue weighted by atomic mass is 10.0. The number of ether oxygens (including phenoxy) is 3. The average molecular weight is 340 g/mol. The van der Waals surface area contributed by atoms with Gasteiger partial charge >= 0.3 is 0 Å². The number of non-ortho nitro benzene ring substituents is 1. The third kappa shape index (κ3) is 3.87. The molecule has 7 heteroatoms. The normalized spacial score (nSPS) is 10.7. The van der Waals surface area contributed by atoms with Crippen LogP contribution in [0.3, 0.4) is 0 Å². The number of nitro groups is 1. The standard InChI is InChI=1S/C18H16N2O5/c1-23-16-10-18(25-3)17(24-2)9-13(16)7-14(11-19)12-5-4-6-15(8-12)20(21)22/h4-10H,1-3H3/b14-7-. The predicted octanol–water partition coefficient (Wildman–Crippen LogP) is 3.68. The van der Waals surface area contributed by atoms with E-state index in [1.165, 1.54) is 39.5 Å². The summed E-state index contributed by atoms with van der Waals surface area (Å²) in [5.41, 5.74) is 1.20. The highest BCUT2D eigenvalue weighted by Gasteiger charge is 2.13. The van der Waals surface area contributed by atoms with Gasteiger partial charge in [0.15, 0.2) is 11.5 Å². The molecule has 2 aromatic carbocycles. The van der Waals surface area contributed by atoms with E-state index in [1.54, 1.807) is 24.3 Å². The monoisotopic (exact) mass is 340 g/mol. The van der Waals surface area contributed by atoms with Crippen molar-refractivity contribution in [2.45, 2.75) is 0 Å². The van der Waals surface area contributed by atoms with Gasteiger partial charge in [-0.3, -0.25) is 10.1 Å². The molecule has 0 spiro atoms. The molecule has 0 aromatic heterocycles. The van der Waals surface area contributed by atoms with Gasteiger partial charge in [-0.2, -0.15) is 5.26 Å². The molecule has 0 fully saturated rings. The Hall–Kier alpha value is -3.53. The molecule has 0 radical (unpaired) electrons. The molecule has 2 aromatic rings. The van der Waals surface area contributed by atoms with E-state index < -0.39 is 4.92 Å². The van der Waals surface area contributed by atoms with Gasteiger partial charge in [-0.15, -0.1) is 0 Å². The molecule has 0 atom stereocenters. The Morgan fingerprint density at radius 1 is 1.08 bits per heavy atom. The zero-order chi connectivity index (χ0) is 18.4. The number of nitriles is 1. The molecule has 0 amide bonds. The molecule has 7 nitrogen and oxygen atoms in total. The molecule has 0 bridgehead atoms. The fourth-order valence-corrected chi connectivity index (χ4v) is 2.29. The van der Waals surface area contributed by atoms with E-state index >= 15 is 0 Å². The highest BCUT2D eigenvalue weighted by Crippen LogP contribution is 2.36. The Morgan fingerprint density at radius 2 is 1.72 bits per heavy atom. The summed E-state index contributed by atoms with van der Waals surface area (Å²) in [6.07, 6.45) is 1.58. The number of rotatable bonds is 6. The number of nitrogens with zero attached hydrogens (tertiary/aromatic N) is 2. The van der Waals surface area contributed by atoms with Gasteiger partial charge in [-0.25, -0.2) is 0 Å². The van der Waals surface area contributed by atoms with Gasteiger partial charge in [0.1, 0.15) is 5.75 Å². The van der Waals surface area contributed by atoms with Crippen molar-refractivity contribution < 1.29 is 19.1 Å². The number of allylic oxidation sites excluding steroid dienone is 1. The molecule has 0 N–H and O–H groups in total. The zero-order valence-corrected chi connectivity index (χ0v) is 14.0. The van der Waals surface area contributed by atoms with Crippen LogP contribution in [0.15, 0.2) is 36.4 Å². The molecule has 25 heavy (non-hydrogen) atoms. The smallest absolute Gasteiger partial charge is 0.270 e. The maximum atomic E-state index is 10.9. The summed E-state index contributed by atoms with van der Waals surface area (Å²) in [5.74, 6) is 1.45. The van der Waals surface area contributed by atoms with Crippen LogP contribution in [0.2, 0.25) is 0 Å². The van der Waals surface area contributed by atoms with Crippen LogP contribution >= 0.6 is 0 Å². The molecule has 0 saturated heterocycles. The molecular formula is C18H16N2O5. The van der Waals surface area contributed by atoms with Crippen molar-refractivity contribution in [2.75, 3.05) is 21.3 Å². The number of benzene rings is 2. The van der Waals surface area contributed by atoms with Gasteiger partial charge in [0.2, 0.25) is 0 Å². The molecule has 0 saturated carbocycles. The van der Waals surface area contributed by atoms with Crippen LogP contribution in [0.5, 0.6) is 17.2 Å². The third-order valence-corrected chi connectivity index (χ3v) is 3.52. The Balaban J connectivity index is 2.58. The second-order valence-corrected chi connectivity index (χ2v) is 4.93. The molecule has 2 rings (SSSR count). The van der Waals surface area contributed by atoms with Gasteiger partial charge in [0.25, 0.3) is 5.69 Å². The van der Waals surface area contributed by atoms with Gasteiger partial charge in [0, 0.05) is 23.8 Å². The average Bonchev–Trinajstić information content (AvgIpc) is 2.65. The summed E-state index contributed by atoms with van der Waals surface area (Å²) in [5, 5.41) is 20.4. The Labute approximate surface area is 144 Å². The molecule has 128 valence electrons. The van der Waals surface area contributed by atoms with E-state index in [1.807, 2.05) is 0 Å². The molecule has 0 aliphatic rings. The van der Waals surface area contributed by atoms with Crippen molar-refractivity contribution in [3.63, 3.8) is 0 Å².